The normalized spacial score (nSPS) is 22.3. The monoisotopic (exact) mass is 510 g/mol. The first-order valence-corrected chi connectivity index (χ1v) is 12.3. The summed E-state index contributed by atoms with van der Waals surface area (Å²) in [4.78, 5) is 31.1. The van der Waals surface area contributed by atoms with Gasteiger partial charge in [0.2, 0.25) is 18.1 Å². The average Bonchev–Trinajstić information content (AvgIpc) is 3.58. The van der Waals surface area contributed by atoms with Gasteiger partial charge < -0.3 is 30.8 Å². The minimum atomic E-state index is -0.912. The van der Waals surface area contributed by atoms with Gasteiger partial charge in [0.25, 0.3) is 0 Å². The lowest BCUT2D eigenvalue weighted by Crippen LogP contribution is -2.46. The van der Waals surface area contributed by atoms with E-state index in [2.05, 4.69) is 30.5 Å². The van der Waals surface area contributed by atoms with E-state index in [9.17, 15) is 9.18 Å². The van der Waals surface area contributed by atoms with Gasteiger partial charge in [-0.25, -0.2) is 19.3 Å². The van der Waals surface area contributed by atoms with Crippen molar-refractivity contribution in [3.8, 4) is 22.6 Å². The minimum Gasteiger partial charge on any atom is -0.369 e. The van der Waals surface area contributed by atoms with Crippen LogP contribution in [0.1, 0.15) is 25.5 Å². The van der Waals surface area contributed by atoms with Crippen LogP contribution in [0.4, 0.5) is 10.3 Å². The smallest absolute Gasteiger partial charge is 0.228 e. The molecule has 2 aliphatic rings. The fraction of sp³-hybridized carbons (Fsp3) is 0.440. The number of primary amides is 1. The average molecular weight is 511 g/mol. The lowest BCUT2D eigenvalue weighted by molar-refractivity contribution is -0.230. The first kappa shape index (κ1) is 25.2. The van der Waals surface area contributed by atoms with Gasteiger partial charge in [0.05, 0.1) is 35.7 Å². The van der Waals surface area contributed by atoms with Crippen LogP contribution in [-0.2, 0) is 14.3 Å². The number of H-pyrrole nitrogens is 1. The fourth-order valence-corrected chi connectivity index (χ4v) is 4.24. The van der Waals surface area contributed by atoms with Crippen molar-refractivity contribution in [2.24, 2.45) is 11.1 Å². The molecule has 2 aromatic heterocycles. The van der Waals surface area contributed by atoms with Crippen LogP contribution in [0, 0.1) is 11.2 Å². The number of carbonyl (C=O) groups is 1. The lowest BCUT2D eigenvalue weighted by Gasteiger charge is -2.34. The Hall–Kier alpha value is -3.45. The summed E-state index contributed by atoms with van der Waals surface area (Å²) >= 11 is 0. The van der Waals surface area contributed by atoms with Gasteiger partial charge >= 0.3 is 0 Å². The summed E-state index contributed by atoms with van der Waals surface area (Å²) in [5, 5.41) is 6.61. The predicted molar refractivity (Wildman–Crippen MR) is 135 cm³/mol. The molecule has 0 saturated carbocycles. The van der Waals surface area contributed by atoms with Crippen molar-refractivity contribution in [3.63, 3.8) is 0 Å². The standard InChI is InChI=1S/C25H31FN8O3/c1-25(23(27)35)13-36-22(37-14-25)21-32-19(16-3-5-17(26)6-4-16)20(33-21)18-7-9-30-24(31-18)29-8-2-11-34-12-10-28-15-34/h3-7,9,22,28H,2,8,10-15H2,1H3,(H2,27,35)(H,32,33)(H,29,30,31). The highest BCUT2D eigenvalue weighted by Crippen LogP contribution is 2.35. The minimum absolute atomic E-state index is 0.101. The van der Waals surface area contributed by atoms with Gasteiger partial charge in [-0.2, -0.15) is 0 Å². The second kappa shape index (κ2) is 10.9. The van der Waals surface area contributed by atoms with E-state index in [1.165, 1.54) is 12.1 Å². The van der Waals surface area contributed by atoms with Crippen LogP contribution in [-0.4, -0.2) is 76.8 Å². The number of amides is 1. The zero-order chi connectivity index (χ0) is 25.8. The van der Waals surface area contributed by atoms with Crippen molar-refractivity contribution in [1.29, 1.82) is 0 Å². The van der Waals surface area contributed by atoms with E-state index >= 15 is 0 Å². The maximum atomic E-state index is 13.6. The molecule has 0 unspecified atom stereocenters. The molecule has 0 spiro atoms. The Bertz CT molecular complexity index is 1220. The molecule has 5 N–H and O–H groups in total. The summed E-state index contributed by atoms with van der Waals surface area (Å²) in [6.07, 6.45) is 1.82. The van der Waals surface area contributed by atoms with Gasteiger partial charge in [0.15, 0.2) is 5.82 Å². The van der Waals surface area contributed by atoms with Crippen LogP contribution in [0.5, 0.6) is 0 Å². The highest BCUT2D eigenvalue weighted by molar-refractivity contribution is 5.81. The molecular formula is C25H31FN8O3. The number of benzene rings is 1. The van der Waals surface area contributed by atoms with Crippen molar-refractivity contribution in [2.75, 3.05) is 51.4 Å². The van der Waals surface area contributed by atoms with E-state index in [4.69, 9.17) is 20.2 Å². The van der Waals surface area contributed by atoms with E-state index < -0.39 is 17.6 Å². The number of anilines is 1. The molecule has 2 fully saturated rings. The van der Waals surface area contributed by atoms with Crippen molar-refractivity contribution in [3.05, 3.63) is 48.2 Å². The second-order valence-electron chi connectivity index (χ2n) is 9.55. The molecule has 12 heteroatoms. The van der Waals surface area contributed by atoms with Crippen LogP contribution in [0.15, 0.2) is 36.5 Å². The van der Waals surface area contributed by atoms with Crippen LogP contribution < -0.4 is 16.4 Å². The summed E-state index contributed by atoms with van der Waals surface area (Å²) in [5.41, 5.74) is 7.07. The third-order valence-electron chi connectivity index (χ3n) is 6.55. The van der Waals surface area contributed by atoms with E-state index in [0.717, 1.165) is 39.3 Å². The van der Waals surface area contributed by atoms with Gasteiger partial charge in [0.1, 0.15) is 5.82 Å². The lowest BCUT2D eigenvalue weighted by atomic mass is 9.91. The Kier molecular flexibility index (Phi) is 7.42. The summed E-state index contributed by atoms with van der Waals surface area (Å²) in [6.45, 7) is 6.65. The molecule has 1 aromatic carbocycles. The van der Waals surface area contributed by atoms with Gasteiger partial charge in [-0.3, -0.25) is 9.69 Å². The van der Waals surface area contributed by atoms with Crippen LogP contribution >= 0.6 is 0 Å². The number of halogens is 1. The quantitative estimate of drug-likeness (QED) is 0.317. The molecule has 5 rings (SSSR count). The number of rotatable bonds is 9. The first-order chi connectivity index (χ1) is 17.9. The molecule has 4 heterocycles. The van der Waals surface area contributed by atoms with E-state index in [-0.39, 0.29) is 19.0 Å². The zero-order valence-corrected chi connectivity index (χ0v) is 20.7. The summed E-state index contributed by atoms with van der Waals surface area (Å²) < 4.78 is 25.2. The molecule has 37 heavy (non-hydrogen) atoms. The number of hydrogen-bond acceptors (Lipinski definition) is 9. The Morgan fingerprint density at radius 3 is 2.73 bits per heavy atom. The number of nitrogens with zero attached hydrogens (tertiary/aromatic N) is 4. The molecule has 3 aromatic rings. The maximum absolute atomic E-state index is 13.6. The molecule has 2 saturated heterocycles. The number of hydrogen-bond donors (Lipinski definition) is 4. The molecule has 0 aliphatic carbocycles. The van der Waals surface area contributed by atoms with Gasteiger partial charge in [-0.1, -0.05) is 0 Å². The molecular weight excluding hydrogens is 479 g/mol. The number of nitrogens with one attached hydrogen (secondary N) is 3. The highest BCUT2D eigenvalue weighted by Gasteiger charge is 2.39. The molecule has 11 nitrogen and oxygen atoms in total. The van der Waals surface area contributed by atoms with Crippen molar-refractivity contribution < 1.29 is 18.7 Å². The van der Waals surface area contributed by atoms with Crippen molar-refractivity contribution in [1.82, 2.24) is 30.2 Å². The number of nitrogens with two attached hydrogens (primary N) is 1. The number of aromatic amines is 1. The number of imidazole rings is 1. The second-order valence-corrected chi connectivity index (χ2v) is 9.55. The number of carbonyl (C=O) groups excluding carboxylic acids is 1. The molecule has 196 valence electrons. The fourth-order valence-electron chi connectivity index (χ4n) is 4.24. The molecule has 0 bridgehead atoms. The largest absolute Gasteiger partial charge is 0.369 e. The van der Waals surface area contributed by atoms with Crippen LogP contribution in [0.3, 0.4) is 0 Å². The maximum Gasteiger partial charge on any atom is 0.228 e. The van der Waals surface area contributed by atoms with Crippen LogP contribution in [0.2, 0.25) is 0 Å². The Morgan fingerprint density at radius 1 is 1.24 bits per heavy atom. The summed E-state index contributed by atoms with van der Waals surface area (Å²) in [6, 6.07) is 7.83. The molecule has 2 aliphatic heterocycles. The van der Waals surface area contributed by atoms with Crippen molar-refractivity contribution in [2.45, 2.75) is 19.6 Å². The van der Waals surface area contributed by atoms with Crippen molar-refractivity contribution >= 4 is 11.9 Å². The van der Waals surface area contributed by atoms with E-state index in [1.54, 1.807) is 31.3 Å². The Morgan fingerprint density at radius 2 is 2.03 bits per heavy atom. The predicted octanol–water partition coefficient (Wildman–Crippen LogP) is 1.87. The van der Waals surface area contributed by atoms with Gasteiger partial charge in [0, 0.05) is 44.6 Å². The summed E-state index contributed by atoms with van der Waals surface area (Å²) in [5.74, 6) is 0.0778. The van der Waals surface area contributed by atoms with Gasteiger partial charge in [-0.15, -0.1) is 0 Å². The highest BCUT2D eigenvalue weighted by atomic mass is 19.1. The van der Waals surface area contributed by atoms with E-state index in [0.29, 0.717) is 34.4 Å². The zero-order valence-electron chi connectivity index (χ0n) is 20.7. The third-order valence-corrected chi connectivity index (χ3v) is 6.55. The Labute approximate surface area is 214 Å². The summed E-state index contributed by atoms with van der Waals surface area (Å²) in [7, 11) is 0. The molecule has 0 atom stereocenters. The van der Waals surface area contributed by atoms with Crippen LogP contribution in [0.25, 0.3) is 22.6 Å². The first-order valence-electron chi connectivity index (χ1n) is 12.3. The van der Waals surface area contributed by atoms with E-state index in [1.807, 2.05) is 0 Å². The topological polar surface area (TPSA) is 143 Å². The Balaban J connectivity index is 1.36. The molecule has 1 amide bonds. The molecule has 0 radical (unpaired) electrons. The SMILES string of the molecule is CC1(C(N)=O)COC(c2nc(-c3ccc(F)cc3)c(-c3ccnc(NCCCN4CCNC4)n3)[nH]2)OC1. The number of ether oxygens (including phenoxy) is 2. The third kappa shape index (κ3) is 5.77. The van der Waals surface area contributed by atoms with Gasteiger partial charge in [-0.05, 0) is 43.7 Å². The number of aromatic nitrogens is 4.